The summed E-state index contributed by atoms with van der Waals surface area (Å²) in [4.78, 5) is 2.64. The quantitative estimate of drug-likeness (QED) is 0.758. The summed E-state index contributed by atoms with van der Waals surface area (Å²) in [6, 6.07) is 8.84. The van der Waals surface area contributed by atoms with Gasteiger partial charge in [-0.3, -0.25) is 4.90 Å². The van der Waals surface area contributed by atoms with Crippen LogP contribution in [0.5, 0.6) is 5.75 Å². The first-order chi connectivity index (χ1) is 10.3. The van der Waals surface area contributed by atoms with E-state index in [-0.39, 0.29) is 0 Å². The van der Waals surface area contributed by atoms with E-state index < -0.39 is 0 Å². The summed E-state index contributed by atoms with van der Waals surface area (Å²) in [6.45, 7) is 5.87. The molecule has 1 aromatic carbocycles. The first kappa shape index (κ1) is 14.9. The monoisotopic (exact) mass is 288 g/mol. The zero-order chi connectivity index (χ0) is 14.7. The van der Waals surface area contributed by atoms with Crippen molar-refractivity contribution in [1.29, 1.82) is 0 Å². The number of rotatable bonds is 9. The lowest BCUT2D eigenvalue weighted by Crippen LogP contribution is -2.36. The predicted octanol–water partition coefficient (Wildman–Crippen LogP) is 3.21. The van der Waals surface area contributed by atoms with Crippen LogP contribution in [-0.4, -0.2) is 31.1 Å². The van der Waals surface area contributed by atoms with Gasteiger partial charge in [0.15, 0.2) is 0 Å². The van der Waals surface area contributed by atoms with Crippen LogP contribution in [0.4, 0.5) is 0 Å². The molecule has 0 amide bonds. The van der Waals surface area contributed by atoms with Gasteiger partial charge >= 0.3 is 0 Å². The molecule has 0 spiro atoms. The highest BCUT2D eigenvalue weighted by Gasteiger charge is 2.32. The maximum absolute atomic E-state index is 6.14. The molecule has 3 rings (SSSR count). The van der Waals surface area contributed by atoms with E-state index in [2.05, 4.69) is 23.1 Å². The molecule has 0 aromatic heterocycles. The average molecular weight is 288 g/mol. The molecule has 3 heteroatoms. The molecule has 0 heterocycles. The molecule has 2 N–H and O–H groups in total. The van der Waals surface area contributed by atoms with Gasteiger partial charge < -0.3 is 10.5 Å². The van der Waals surface area contributed by atoms with E-state index in [9.17, 15) is 0 Å². The molecule has 2 aliphatic rings. The maximum Gasteiger partial charge on any atom is 0.119 e. The molecular weight excluding hydrogens is 260 g/mol. The minimum absolute atomic E-state index is 0.339. The number of nitrogens with zero attached hydrogens (tertiary/aromatic N) is 1. The first-order valence-electron chi connectivity index (χ1n) is 8.47. The topological polar surface area (TPSA) is 38.5 Å². The van der Waals surface area contributed by atoms with Crippen LogP contribution >= 0.6 is 0 Å². The maximum atomic E-state index is 6.14. The third kappa shape index (κ3) is 4.21. The predicted molar refractivity (Wildman–Crippen MR) is 86.4 cm³/mol. The SMILES string of the molecule is CCOc1cccc(C(CN)N(CC2CC2)CC2CC2)c1. The second kappa shape index (κ2) is 6.80. The highest BCUT2D eigenvalue weighted by Crippen LogP contribution is 2.37. The van der Waals surface area contributed by atoms with E-state index in [1.54, 1.807) is 0 Å². The molecule has 1 atom stereocenters. The molecular formula is C18H28N2O. The van der Waals surface area contributed by atoms with Crippen LogP contribution in [-0.2, 0) is 0 Å². The van der Waals surface area contributed by atoms with Gasteiger partial charge in [0.05, 0.1) is 6.61 Å². The van der Waals surface area contributed by atoms with E-state index in [0.29, 0.717) is 19.2 Å². The van der Waals surface area contributed by atoms with E-state index in [1.165, 1.54) is 44.3 Å². The summed E-state index contributed by atoms with van der Waals surface area (Å²) in [5, 5.41) is 0. The van der Waals surface area contributed by atoms with Crippen molar-refractivity contribution in [3.8, 4) is 5.75 Å². The molecule has 2 aliphatic carbocycles. The number of ether oxygens (including phenoxy) is 1. The lowest BCUT2D eigenvalue weighted by atomic mass is 10.0. The fourth-order valence-electron chi connectivity index (χ4n) is 3.07. The van der Waals surface area contributed by atoms with Crippen LogP contribution in [0.3, 0.4) is 0 Å². The molecule has 2 fully saturated rings. The Labute approximate surface area is 128 Å². The fourth-order valence-corrected chi connectivity index (χ4v) is 3.07. The minimum Gasteiger partial charge on any atom is -0.494 e. The molecule has 2 saturated carbocycles. The zero-order valence-corrected chi connectivity index (χ0v) is 13.1. The smallest absolute Gasteiger partial charge is 0.119 e. The van der Waals surface area contributed by atoms with Crippen molar-refractivity contribution in [1.82, 2.24) is 4.90 Å². The van der Waals surface area contributed by atoms with Crippen molar-refractivity contribution < 1.29 is 4.74 Å². The number of nitrogens with two attached hydrogens (primary N) is 1. The van der Waals surface area contributed by atoms with Crippen molar-refractivity contribution in [2.75, 3.05) is 26.2 Å². The summed E-state index contributed by atoms with van der Waals surface area (Å²) >= 11 is 0. The third-order valence-electron chi connectivity index (χ3n) is 4.60. The molecule has 1 aromatic rings. The van der Waals surface area contributed by atoms with Gasteiger partial charge in [-0.15, -0.1) is 0 Å². The van der Waals surface area contributed by atoms with Crippen LogP contribution in [0.1, 0.15) is 44.2 Å². The Balaban J connectivity index is 1.74. The van der Waals surface area contributed by atoms with Crippen molar-refractivity contribution in [3.63, 3.8) is 0 Å². The van der Waals surface area contributed by atoms with Crippen molar-refractivity contribution in [2.24, 2.45) is 17.6 Å². The minimum atomic E-state index is 0.339. The van der Waals surface area contributed by atoms with Gasteiger partial charge in [-0.2, -0.15) is 0 Å². The molecule has 0 radical (unpaired) electrons. The Bertz CT molecular complexity index is 440. The molecule has 0 aliphatic heterocycles. The summed E-state index contributed by atoms with van der Waals surface area (Å²) in [5.74, 6) is 2.78. The number of hydrogen-bond donors (Lipinski definition) is 1. The molecule has 0 bridgehead atoms. The van der Waals surface area contributed by atoms with Crippen molar-refractivity contribution in [2.45, 2.75) is 38.6 Å². The standard InChI is InChI=1S/C18H28N2O/c1-2-21-17-5-3-4-16(10-17)18(11-19)20(12-14-6-7-14)13-15-8-9-15/h3-5,10,14-15,18H,2,6-9,11-13,19H2,1H3. The Morgan fingerprint density at radius 3 is 2.38 bits per heavy atom. The van der Waals surface area contributed by atoms with E-state index in [0.717, 1.165) is 17.6 Å². The lowest BCUT2D eigenvalue weighted by molar-refractivity contribution is 0.184. The van der Waals surface area contributed by atoms with Crippen molar-refractivity contribution >= 4 is 0 Å². The van der Waals surface area contributed by atoms with E-state index in [1.807, 2.05) is 13.0 Å². The summed E-state index contributed by atoms with van der Waals surface area (Å²) in [5.41, 5.74) is 7.45. The average Bonchev–Trinajstić information content (AvgIpc) is 3.36. The van der Waals surface area contributed by atoms with Crippen LogP contribution in [0.15, 0.2) is 24.3 Å². The lowest BCUT2D eigenvalue weighted by Gasteiger charge is -2.31. The van der Waals surface area contributed by atoms with Crippen LogP contribution in [0.2, 0.25) is 0 Å². The second-order valence-electron chi connectivity index (χ2n) is 6.60. The summed E-state index contributed by atoms with van der Waals surface area (Å²) in [6.07, 6.45) is 5.60. The van der Waals surface area contributed by atoms with Gasteiger partial charge in [0.25, 0.3) is 0 Å². The highest BCUT2D eigenvalue weighted by molar-refractivity contribution is 5.31. The van der Waals surface area contributed by atoms with E-state index in [4.69, 9.17) is 10.5 Å². The summed E-state index contributed by atoms with van der Waals surface area (Å²) < 4.78 is 5.65. The largest absolute Gasteiger partial charge is 0.494 e. The fraction of sp³-hybridized carbons (Fsp3) is 0.667. The van der Waals surface area contributed by atoms with Crippen LogP contribution < -0.4 is 10.5 Å². The van der Waals surface area contributed by atoms with E-state index >= 15 is 0 Å². The van der Waals surface area contributed by atoms with Gasteiger partial charge in [0, 0.05) is 25.7 Å². The van der Waals surface area contributed by atoms with Gasteiger partial charge in [-0.25, -0.2) is 0 Å². The highest BCUT2D eigenvalue weighted by atomic mass is 16.5. The number of hydrogen-bond acceptors (Lipinski definition) is 3. The molecule has 1 unspecified atom stereocenters. The Kier molecular flexibility index (Phi) is 4.81. The van der Waals surface area contributed by atoms with Crippen LogP contribution in [0, 0.1) is 11.8 Å². The third-order valence-corrected chi connectivity index (χ3v) is 4.60. The zero-order valence-electron chi connectivity index (χ0n) is 13.1. The molecule has 3 nitrogen and oxygen atoms in total. The Morgan fingerprint density at radius 2 is 1.86 bits per heavy atom. The van der Waals surface area contributed by atoms with Gasteiger partial charge in [-0.1, -0.05) is 12.1 Å². The Hall–Kier alpha value is -1.06. The van der Waals surface area contributed by atoms with Crippen molar-refractivity contribution in [3.05, 3.63) is 29.8 Å². The first-order valence-corrected chi connectivity index (χ1v) is 8.47. The summed E-state index contributed by atoms with van der Waals surface area (Å²) in [7, 11) is 0. The molecule has 21 heavy (non-hydrogen) atoms. The Morgan fingerprint density at radius 1 is 1.19 bits per heavy atom. The van der Waals surface area contributed by atoms with Gasteiger partial charge in [0.1, 0.15) is 5.75 Å². The van der Waals surface area contributed by atoms with Gasteiger partial charge in [-0.05, 0) is 62.1 Å². The van der Waals surface area contributed by atoms with Gasteiger partial charge in [0.2, 0.25) is 0 Å². The molecule has 116 valence electrons. The second-order valence-corrected chi connectivity index (χ2v) is 6.60. The normalized spacial score (nSPS) is 19.8. The number of benzene rings is 1. The van der Waals surface area contributed by atoms with Crippen LogP contribution in [0.25, 0.3) is 0 Å². The molecule has 0 saturated heterocycles.